The molecule has 5 heteroatoms. The number of aromatic nitrogens is 2. The third kappa shape index (κ3) is 4.16. The van der Waals surface area contributed by atoms with Crippen LogP contribution in [0.5, 0.6) is 0 Å². The lowest BCUT2D eigenvalue weighted by Crippen LogP contribution is -1.91. The number of halogens is 2. The van der Waals surface area contributed by atoms with Gasteiger partial charge in [-0.3, -0.25) is 0 Å². The smallest absolute Gasteiger partial charge is 0.217 e. The molecule has 0 aliphatic rings. The molecule has 2 heterocycles. The molecule has 0 spiro atoms. The Bertz CT molecular complexity index is 520. The van der Waals surface area contributed by atoms with Crippen LogP contribution in [0.4, 0.5) is 0 Å². The van der Waals surface area contributed by atoms with Crippen LogP contribution in [-0.4, -0.2) is 9.97 Å². The molecular weight excluding hydrogens is 299 g/mol. The van der Waals surface area contributed by atoms with Crippen molar-refractivity contribution in [3.05, 3.63) is 33.5 Å². The molecule has 0 fully saturated rings. The summed E-state index contributed by atoms with van der Waals surface area (Å²) < 4.78 is 0. The van der Waals surface area contributed by atoms with Crippen LogP contribution >= 0.6 is 34.5 Å². The Balaban J connectivity index is 2.14. The normalized spacial score (nSPS) is 10.9. The van der Waals surface area contributed by atoms with Gasteiger partial charge in [-0.15, -0.1) is 11.3 Å². The van der Waals surface area contributed by atoms with Crippen LogP contribution in [0.1, 0.15) is 38.2 Å². The van der Waals surface area contributed by atoms with Gasteiger partial charge in [0.25, 0.3) is 0 Å². The van der Waals surface area contributed by atoms with Crippen LogP contribution in [-0.2, 0) is 6.42 Å². The van der Waals surface area contributed by atoms with Crippen molar-refractivity contribution in [2.75, 3.05) is 0 Å². The van der Waals surface area contributed by atoms with E-state index in [0.29, 0.717) is 5.15 Å². The predicted octanol–water partition coefficient (Wildman–Crippen LogP) is 5.63. The molecule has 0 bridgehead atoms. The Morgan fingerprint density at radius 1 is 1.16 bits per heavy atom. The SMILES string of the molecule is CCCCCCc1ccsc1-c1cc(Cl)nc(Cl)n1. The first-order chi connectivity index (χ1) is 9.20. The zero-order valence-corrected chi connectivity index (χ0v) is 13.2. The first-order valence-electron chi connectivity index (χ1n) is 6.47. The highest BCUT2D eigenvalue weighted by Crippen LogP contribution is 2.31. The van der Waals surface area contributed by atoms with Gasteiger partial charge >= 0.3 is 0 Å². The van der Waals surface area contributed by atoms with Crippen molar-refractivity contribution < 1.29 is 0 Å². The lowest BCUT2D eigenvalue weighted by molar-refractivity contribution is 0.668. The fraction of sp³-hybridized carbons (Fsp3) is 0.429. The Kier molecular flexibility index (Phi) is 5.61. The predicted molar refractivity (Wildman–Crippen MR) is 83.2 cm³/mol. The Morgan fingerprint density at radius 2 is 2.00 bits per heavy atom. The molecule has 0 radical (unpaired) electrons. The molecule has 2 aromatic rings. The van der Waals surface area contributed by atoms with E-state index in [9.17, 15) is 0 Å². The van der Waals surface area contributed by atoms with Crippen LogP contribution in [0.3, 0.4) is 0 Å². The highest BCUT2D eigenvalue weighted by Gasteiger charge is 2.10. The van der Waals surface area contributed by atoms with E-state index in [1.807, 2.05) is 0 Å². The molecule has 0 aromatic carbocycles. The van der Waals surface area contributed by atoms with Gasteiger partial charge in [-0.05, 0) is 41.5 Å². The summed E-state index contributed by atoms with van der Waals surface area (Å²) in [6.07, 6.45) is 6.12. The van der Waals surface area contributed by atoms with Crippen LogP contribution in [0, 0.1) is 0 Å². The molecule has 0 N–H and O–H groups in total. The summed E-state index contributed by atoms with van der Waals surface area (Å²) in [5, 5.41) is 2.68. The first-order valence-corrected chi connectivity index (χ1v) is 8.11. The maximum Gasteiger partial charge on any atom is 0.224 e. The summed E-state index contributed by atoms with van der Waals surface area (Å²) in [5.74, 6) is 0. The number of rotatable bonds is 6. The zero-order chi connectivity index (χ0) is 13.7. The molecule has 2 nitrogen and oxygen atoms in total. The van der Waals surface area contributed by atoms with Crippen molar-refractivity contribution in [1.82, 2.24) is 9.97 Å². The van der Waals surface area contributed by atoms with Gasteiger partial charge in [0.15, 0.2) is 0 Å². The molecule has 2 aromatic heterocycles. The molecule has 0 saturated carbocycles. The second-order valence-electron chi connectivity index (χ2n) is 4.43. The number of hydrogen-bond acceptors (Lipinski definition) is 3. The molecule has 2 rings (SSSR count). The van der Waals surface area contributed by atoms with Gasteiger partial charge in [-0.2, -0.15) is 0 Å². The van der Waals surface area contributed by atoms with Crippen LogP contribution in [0.25, 0.3) is 10.6 Å². The molecule has 0 aliphatic carbocycles. The fourth-order valence-corrected chi connectivity index (χ4v) is 3.33. The maximum absolute atomic E-state index is 5.93. The van der Waals surface area contributed by atoms with Gasteiger partial charge < -0.3 is 0 Å². The van der Waals surface area contributed by atoms with E-state index in [4.69, 9.17) is 23.2 Å². The highest BCUT2D eigenvalue weighted by atomic mass is 35.5. The van der Waals surface area contributed by atoms with Gasteiger partial charge in [0, 0.05) is 6.07 Å². The molecule has 0 unspecified atom stereocenters. The number of aryl methyl sites for hydroxylation is 1. The molecule has 0 saturated heterocycles. The van der Waals surface area contributed by atoms with Gasteiger partial charge in [0.1, 0.15) is 5.15 Å². The molecule has 0 atom stereocenters. The molecular formula is C14H16Cl2N2S. The second kappa shape index (κ2) is 7.22. The van der Waals surface area contributed by atoms with Crippen LogP contribution in [0.15, 0.2) is 17.5 Å². The number of unbranched alkanes of at least 4 members (excludes halogenated alkanes) is 3. The first kappa shape index (κ1) is 14.8. The lowest BCUT2D eigenvalue weighted by atomic mass is 10.1. The largest absolute Gasteiger partial charge is 0.224 e. The van der Waals surface area contributed by atoms with E-state index in [2.05, 4.69) is 28.3 Å². The maximum atomic E-state index is 5.93. The molecule has 0 aliphatic heterocycles. The standard InChI is InChI=1S/C14H16Cl2N2S/c1-2-3-4-5-6-10-7-8-19-13(10)11-9-12(15)18-14(16)17-11/h7-9H,2-6H2,1H3. The number of thiophene rings is 1. The third-order valence-corrected chi connectivity index (χ3v) is 4.29. The fourth-order valence-electron chi connectivity index (χ4n) is 2.01. The summed E-state index contributed by atoms with van der Waals surface area (Å²) >= 11 is 13.5. The number of hydrogen-bond donors (Lipinski definition) is 0. The van der Waals surface area contributed by atoms with E-state index in [0.717, 1.165) is 17.0 Å². The monoisotopic (exact) mass is 314 g/mol. The van der Waals surface area contributed by atoms with E-state index in [1.54, 1.807) is 17.4 Å². The quantitative estimate of drug-likeness (QED) is 0.392. The van der Waals surface area contributed by atoms with Gasteiger partial charge in [0.05, 0.1) is 10.6 Å². The number of nitrogens with zero attached hydrogens (tertiary/aromatic N) is 2. The molecule has 0 amide bonds. The third-order valence-electron chi connectivity index (χ3n) is 2.95. The van der Waals surface area contributed by atoms with Crippen molar-refractivity contribution in [3.8, 4) is 10.6 Å². The summed E-state index contributed by atoms with van der Waals surface area (Å²) in [7, 11) is 0. The van der Waals surface area contributed by atoms with Crippen LogP contribution in [0.2, 0.25) is 10.4 Å². The van der Waals surface area contributed by atoms with E-state index in [1.165, 1.54) is 31.2 Å². The van der Waals surface area contributed by atoms with E-state index >= 15 is 0 Å². The van der Waals surface area contributed by atoms with E-state index < -0.39 is 0 Å². The Labute approximate surface area is 127 Å². The summed E-state index contributed by atoms with van der Waals surface area (Å²) in [4.78, 5) is 9.30. The summed E-state index contributed by atoms with van der Waals surface area (Å²) in [5.41, 5.74) is 2.15. The van der Waals surface area contributed by atoms with Crippen molar-refractivity contribution in [3.63, 3.8) is 0 Å². The van der Waals surface area contributed by atoms with Gasteiger partial charge in [-0.25, -0.2) is 9.97 Å². The van der Waals surface area contributed by atoms with Gasteiger partial charge in [-0.1, -0.05) is 37.8 Å². The second-order valence-corrected chi connectivity index (χ2v) is 6.07. The molecule has 102 valence electrons. The minimum Gasteiger partial charge on any atom is -0.217 e. The Hall–Kier alpha value is -0.640. The summed E-state index contributed by atoms with van der Waals surface area (Å²) in [6.45, 7) is 2.22. The van der Waals surface area contributed by atoms with Crippen molar-refractivity contribution in [2.45, 2.75) is 39.0 Å². The van der Waals surface area contributed by atoms with Crippen molar-refractivity contribution in [1.29, 1.82) is 0 Å². The van der Waals surface area contributed by atoms with Crippen LogP contribution < -0.4 is 0 Å². The topological polar surface area (TPSA) is 25.8 Å². The van der Waals surface area contributed by atoms with Gasteiger partial charge in [0.2, 0.25) is 5.28 Å². The minimum absolute atomic E-state index is 0.202. The average Bonchev–Trinajstić information content (AvgIpc) is 2.82. The van der Waals surface area contributed by atoms with E-state index in [-0.39, 0.29) is 5.28 Å². The van der Waals surface area contributed by atoms with Crippen molar-refractivity contribution >= 4 is 34.5 Å². The Morgan fingerprint density at radius 3 is 2.74 bits per heavy atom. The van der Waals surface area contributed by atoms with Crippen molar-refractivity contribution in [2.24, 2.45) is 0 Å². The minimum atomic E-state index is 0.202. The molecule has 19 heavy (non-hydrogen) atoms. The lowest BCUT2D eigenvalue weighted by Gasteiger charge is -2.04. The zero-order valence-electron chi connectivity index (χ0n) is 10.8. The average molecular weight is 315 g/mol. The highest BCUT2D eigenvalue weighted by molar-refractivity contribution is 7.13. The summed E-state index contributed by atoms with van der Waals surface area (Å²) in [6, 6.07) is 3.94.